The van der Waals surface area contributed by atoms with Gasteiger partial charge in [-0.2, -0.15) is 0 Å². The first kappa shape index (κ1) is 13.1. The Labute approximate surface area is 108 Å². The van der Waals surface area contributed by atoms with Crippen molar-refractivity contribution in [3.05, 3.63) is 18.2 Å². The number of aromatic nitrogens is 2. The van der Waals surface area contributed by atoms with Gasteiger partial charge in [-0.15, -0.1) is 0 Å². The minimum absolute atomic E-state index is 0.174. The number of hydrogen-bond donors (Lipinski definition) is 2. The van der Waals surface area contributed by atoms with E-state index in [4.69, 9.17) is 5.73 Å². The zero-order chi connectivity index (χ0) is 13.0. The molecule has 5 heteroatoms. The molecule has 0 radical (unpaired) electrons. The van der Waals surface area contributed by atoms with E-state index in [0.29, 0.717) is 12.5 Å². The molecule has 1 saturated carbocycles. The first-order valence-electron chi connectivity index (χ1n) is 6.64. The minimum Gasteiger partial charge on any atom is -0.347 e. The number of amides is 1. The van der Waals surface area contributed by atoms with Gasteiger partial charge < -0.3 is 15.6 Å². The Bertz CT molecular complexity index is 368. The third kappa shape index (κ3) is 3.10. The molecule has 1 aliphatic rings. The van der Waals surface area contributed by atoms with Gasteiger partial charge in [-0.05, 0) is 38.1 Å². The van der Waals surface area contributed by atoms with E-state index in [1.165, 1.54) is 0 Å². The Kier molecular flexibility index (Phi) is 4.36. The minimum atomic E-state index is 0.174. The van der Waals surface area contributed by atoms with E-state index >= 15 is 0 Å². The van der Waals surface area contributed by atoms with Crippen molar-refractivity contribution in [1.82, 2.24) is 14.9 Å². The number of rotatable bonds is 4. The second kappa shape index (κ2) is 6.00. The molecular weight excluding hydrogens is 228 g/mol. The molecule has 18 heavy (non-hydrogen) atoms. The smallest absolute Gasteiger partial charge is 0.225 e. The van der Waals surface area contributed by atoms with Gasteiger partial charge in [-0.3, -0.25) is 4.79 Å². The number of aromatic amines is 1. The molecule has 1 aromatic heterocycles. The molecule has 100 valence electrons. The number of nitrogens with two attached hydrogens (primary N) is 1. The lowest BCUT2D eigenvalue weighted by molar-refractivity contribution is -0.136. The van der Waals surface area contributed by atoms with Gasteiger partial charge in [0.1, 0.15) is 5.82 Å². The van der Waals surface area contributed by atoms with Crippen LogP contribution in [0.15, 0.2) is 12.4 Å². The van der Waals surface area contributed by atoms with E-state index in [9.17, 15) is 4.79 Å². The summed E-state index contributed by atoms with van der Waals surface area (Å²) in [5.41, 5.74) is 5.67. The molecule has 0 aliphatic heterocycles. The number of carbonyl (C=O) groups is 1. The zero-order valence-electron chi connectivity index (χ0n) is 10.9. The standard InChI is InChI=1S/C13H22N4O/c1-17(9-12-15-6-7-16-12)13(18)11-4-2-10(8-14)3-5-11/h6-7,10-11H,2-5,8-9,14H2,1H3,(H,15,16). The number of hydrogen-bond acceptors (Lipinski definition) is 3. The molecule has 1 heterocycles. The summed E-state index contributed by atoms with van der Waals surface area (Å²) in [5, 5.41) is 0. The highest BCUT2D eigenvalue weighted by Gasteiger charge is 2.27. The van der Waals surface area contributed by atoms with Crippen molar-refractivity contribution >= 4 is 5.91 Å². The molecule has 3 N–H and O–H groups in total. The van der Waals surface area contributed by atoms with Gasteiger partial charge in [0.2, 0.25) is 5.91 Å². The summed E-state index contributed by atoms with van der Waals surface area (Å²) in [6.07, 6.45) is 7.61. The molecule has 0 unspecified atom stereocenters. The van der Waals surface area contributed by atoms with E-state index in [2.05, 4.69) is 9.97 Å². The normalized spacial score (nSPS) is 23.9. The van der Waals surface area contributed by atoms with Crippen molar-refractivity contribution in [3.63, 3.8) is 0 Å². The Hall–Kier alpha value is -1.36. The number of carbonyl (C=O) groups excluding carboxylic acids is 1. The van der Waals surface area contributed by atoms with Gasteiger partial charge in [0.05, 0.1) is 6.54 Å². The number of H-pyrrole nitrogens is 1. The highest BCUT2D eigenvalue weighted by atomic mass is 16.2. The van der Waals surface area contributed by atoms with Crippen molar-refractivity contribution in [2.24, 2.45) is 17.6 Å². The monoisotopic (exact) mass is 250 g/mol. The Balaban J connectivity index is 1.84. The molecule has 0 bridgehead atoms. The quantitative estimate of drug-likeness (QED) is 0.841. The molecule has 0 aromatic carbocycles. The average molecular weight is 250 g/mol. The first-order chi connectivity index (χ1) is 8.70. The molecule has 1 aromatic rings. The summed E-state index contributed by atoms with van der Waals surface area (Å²) in [7, 11) is 1.85. The van der Waals surface area contributed by atoms with E-state index < -0.39 is 0 Å². The molecule has 1 aliphatic carbocycles. The largest absolute Gasteiger partial charge is 0.347 e. The molecule has 2 rings (SSSR count). The topological polar surface area (TPSA) is 75.0 Å². The molecule has 0 saturated heterocycles. The predicted octanol–water partition coefficient (Wildman–Crippen LogP) is 1.13. The summed E-state index contributed by atoms with van der Waals surface area (Å²) in [5.74, 6) is 1.86. The van der Waals surface area contributed by atoms with Gasteiger partial charge in [0.25, 0.3) is 0 Å². The summed E-state index contributed by atoms with van der Waals surface area (Å²) >= 11 is 0. The van der Waals surface area contributed by atoms with Crippen LogP contribution >= 0.6 is 0 Å². The SMILES string of the molecule is CN(Cc1ncc[nH]1)C(=O)C1CCC(CN)CC1. The van der Waals surface area contributed by atoms with E-state index in [0.717, 1.165) is 38.1 Å². The predicted molar refractivity (Wildman–Crippen MR) is 69.6 cm³/mol. The van der Waals surface area contributed by atoms with Crippen molar-refractivity contribution in [2.45, 2.75) is 32.2 Å². The fraction of sp³-hybridized carbons (Fsp3) is 0.692. The lowest BCUT2D eigenvalue weighted by Gasteiger charge is -2.29. The summed E-state index contributed by atoms with van der Waals surface area (Å²) < 4.78 is 0. The van der Waals surface area contributed by atoms with Gasteiger partial charge >= 0.3 is 0 Å². The average Bonchev–Trinajstić information content (AvgIpc) is 2.91. The zero-order valence-corrected chi connectivity index (χ0v) is 10.9. The number of nitrogens with zero attached hydrogens (tertiary/aromatic N) is 2. The van der Waals surface area contributed by atoms with Crippen LogP contribution in [0.5, 0.6) is 0 Å². The van der Waals surface area contributed by atoms with Crippen LogP contribution in [0.2, 0.25) is 0 Å². The molecule has 1 fully saturated rings. The fourth-order valence-electron chi connectivity index (χ4n) is 2.64. The highest BCUT2D eigenvalue weighted by molar-refractivity contribution is 5.78. The Morgan fingerprint density at radius 2 is 2.22 bits per heavy atom. The summed E-state index contributed by atoms with van der Waals surface area (Å²) in [6, 6.07) is 0. The van der Waals surface area contributed by atoms with Crippen LogP contribution in [-0.2, 0) is 11.3 Å². The van der Waals surface area contributed by atoms with Crippen molar-refractivity contribution in [1.29, 1.82) is 0 Å². The third-order valence-electron chi connectivity index (χ3n) is 3.85. The second-order valence-corrected chi connectivity index (χ2v) is 5.18. The molecule has 1 amide bonds. The van der Waals surface area contributed by atoms with Gasteiger partial charge in [0.15, 0.2) is 0 Å². The van der Waals surface area contributed by atoms with Gasteiger partial charge in [0, 0.05) is 25.4 Å². The van der Waals surface area contributed by atoms with Crippen molar-refractivity contribution in [2.75, 3.05) is 13.6 Å². The molecular formula is C13H22N4O. The Morgan fingerprint density at radius 1 is 1.50 bits per heavy atom. The second-order valence-electron chi connectivity index (χ2n) is 5.18. The molecule has 0 spiro atoms. The molecule has 5 nitrogen and oxygen atoms in total. The van der Waals surface area contributed by atoms with Crippen LogP contribution in [0.3, 0.4) is 0 Å². The number of imidazole rings is 1. The summed E-state index contributed by atoms with van der Waals surface area (Å²) in [4.78, 5) is 21.2. The lowest BCUT2D eigenvalue weighted by atomic mass is 9.81. The maximum Gasteiger partial charge on any atom is 0.225 e. The van der Waals surface area contributed by atoms with E-state index in [1.54, 1.807) is 17.3 Å². The summed E-state index contributed by atoms with van der Waals surface area (Å²) in [6.45, 7) is 1.31. The molecule has 0 atom stereocenters. The van der Waals surface area contributed by atoms with Crippen LogP contribution in [0.1, 0.15) is 31.5 Å². The maximum atomic E-state index is 12.3. The van der Waals surface area contributed by atoms with Gasteiger partial charge in [-0.25, -0.2) is 4.98 Å². The van der Waals surface area contributed by atoms with Crippen molar-refractivity contribution < 1.29 is 4.79 Å². The lowest BCUT2D eigenvalue weighted by Crippen LogP contribution is -2.35. The first-order valence-corrected chi connectivity index (χ1v) is 6.64. The third-order valence-corrected chi connectivity index (χ3v) is 3.85. The van der Waals surface area contributed by atoms with Gasteiger partial charge in [-0.1, -0.05) is 0 Å². The highest BCUT2D eigenvalue weighted by Crippen LogP contribution is 2.29. The van der Waals surface area contributed by atoms with Crippen LogP contribution < -0.4 is 5.73 Å². The maximum absolute atomic E-state index is 12.3. The van der Waals surface area contributed by atoms with E-state index in [-0.39, 0.29) is 11.8 Å². The number of nitrogens with one attached hydrogen (secondary N) is 1. The van der Waals surface area contributed by atoms with Crippen molar-refractivity contribution in [3.8, 4) is 0 Å². The van der Waals surface area contributed by atoms with Crippen LogP contribution in [0, 0.1) is 11.8 Å². The van der Waals surface area contributed by atoms with Crippen LogP contribution in [-0.4, -0.2) is 34.4 Å². The van der Waals surface area contributed by atoms with E-state index in [1.807, 2.05) is 7.05 Å². The Morgan fingerprint density at radius 3 is 2.78 bits per heavy atom. The van der Waals surface area contributed by atoms with Crippen LogP contribution in [0.25, 0.3) is 0 Å². The fourth-order valence-corrected chi connectivity index (χ4v) is 2.64. The van der Waals surface area contributed by atoms with Crippen LogP contribution in [0.4, 0.5) is 0 Å².